The van der Waals surface area contributed by atoms with E-state index >= 15 is 0 Å². The third kappa shape index (κ3) is 5.39. The van der Waals surface area contributed by atoms with E-state index in [4.69, 9.17) is 0 Å². The third-order valence-electron chi connectivity index (χ3n) is 3.62. The Morgan fingerprint density at radius 1 is 0.680 bits per heavy atom. The average Bonchev–Trinajstić information content (AvgIpc) is 2.63. The summed E-state index contributed by atoms with van der Waals surface area (Å²) in [5.74, 6) is -1.34. The maximum absolute atomic E-state index is 11.4. The summed E-state index contributed by atoms with van der Waals surface area (Å²) in [4.78, 5) is 43.0. The van der Waals surface area contributed by atoms with Gasteiger partial charge in [0, 0.05) is 0 Å². The summed E-state index contributed by atoms with van der Waals surface area (Å²) in [6.45, 7) is 0.223. The number of aryl methyl sites for hydroxylation is 2. The van der Waals surface area contributed by atoms with Crippen LogP contribution in [0.4, 0.5) is 0 Å². The molecule has 6 nitrogen and oxygen atoms in total. The van der Waals surface area contributed by atoms with Crippen LogP contribution >= 0.6 is 0 Å². The van der Waals surface area contributed by atoms with Gasteiger partial charge in [-0.2, -0.15) is 0 Å². The van der Waals surface area contributed by atoms with E-state index in [1.807, 2.05) is 24.3 Å². The lowest BCUT2D eigenvalue weighted by Gasteiger charge is -2.05. The molecule has 0 saturated carbocycles. The highest BCUT2D eigenvalue weighted by Gasteiger charge is 2.07. The van der Waals surface area contributed by atoms with Crippen molar-refractivity contribution in [3.8, 4) is 0 Å². The molecule has 0 heterocycles. The van der Waals surface area contributed by atoms with Gasteiger partial charge in [-0.05, 0) is 54.7 Å². The normalized spacial score (nSPS) is 9.92. The van der Waals surface area contributed by atoms with Crippen LogP contribution in [0.2, 0.25) is 0 Å². The second kappa shape index (κ2) is 9.12. The monoisotopic (exact) mass is 340 g/mol. The number of hydrogen-bond acceptors (Lipinski definition) is 6. The van der Waals surface area contributed by atoms with Crippen LogP contribution in [0.1, 0.15) is 38.3 Å². The van der Waals surface area contributed by atoms with E-state index in [-0.39, 0.29) is 12.9 Å². The van der Waals surface area contributed by atoms with Crippen LogP contribution in [-0.4, -0.2) is 24.9 Å². The van der Waals surface area contributed by atoms with Gasteiger partial charge in [-0.25, -0.2) is 9.59 Å². The largest absolute Gasteiger partial charge is 0.392 e. The zero-order valence-corrected chi connectivity index (χ0v) is 13.3. The summed E-state index contributed by atoms with van der Waals surface area (Å²) in [6.07, 6.45) is 2.52. The summed E-state index contributed by atoms with van der Waals surface area (Å²) in [7, 11) is 0. The predicted molar refractivity (Wildman–Crippen MR) is 87.9 cm³/mol. The summed E-state index contributed by atoms with van der Waals surface area (Å²) < 4.78 is 8.55. The zero-order chi connectivity index (χ0) is 18.1. The van der Waals surface area contributed by atoms with E-state index in [1.54, 1.807) is 24.3 Å². The smallest absolute Gasteiger partial charge is 0.345 e. The Morgan fingerprint density at radius 2 is 1.04 bits per heavy atom. The molecule has 2 aromatic carbocycles. The summed E-state index contributed by atoms with van der Waals surface area (Å²) in [5, 5.41) is 0. The molecular formula is C19H16O6. The van der Waals surface area contributed by atoms with Gasteiger partial charge in [-0.3, -0.25) is 9.59 Å². The Morgan fingerprint density at radius 3 is 1.36 bits per heavy atom. The van der Waals surface area contributed by atoms with Crippen molar-refractivity contribution in [3.05, 3.63) is 70.8 Å². The van der Waals surface area contributed by atoms with Crippen molar-refractivity contribution in [3.63, 3.8) is 0 Å². The maximum atomic E-state index is 11.4. The van der Waals surface area contributed by atoms with Crippen molar-refractivity contribution in [1.29, 1.82) is 0 Å². The molecule has 25 heavy (non-hydrogen) atoms. The lowest BCUT2D eigenvalue weighted by molar-refractivity contribution is -0.124. The Kier molecular flexibility index (Phi) is 6.59. The lowest BCUT2D eigenvalue weighted by Crippen LogP contribution is -2.03. The molecule has 0 radical (unpaired) electrons. The van der Waals surface area contributed by atoms with Crippen molar-refractivity contribution in [2.75, 3.05) is 0 Å². The number of esters is 2. The topological polar surface area (TPSA) is 86.7 Å². The van der Waals surface area contributed by atoms with Crippen molar-refractivity contribution >= 4 is 24.9 Å². The molecule has 0 fully saturated rings. The molecule has 0 unspecified atom stereocenters. The molecule has 6 heteroatoms. The summed E-state index contributed by atoms with van der Waals surface area (Å²) >= 11 is 0. The SMILES string of the molecule is O=COC(=O)c1ccc(CCCc2ccc(C(=O)OC=O)cc2)cc1. The molecule has 0 aliphatic rings. The maximum Gasteiger partial charge on any atom is 0.345 e. The van der Waals surface area contributed by atoms with Gasteiger partial charge in [0.1, 0.15) is 0 Å². The first kappa shape index (κ1) is 18.1. The number of benzene rings is 2. The molecule has 0 atom stereocenters. The molecule has 128 valence electrons. The molecule has 0 aliphatic heterocycles. The van der Waals surface area contributed by atoms with Gasteiger partial charge < -0.3 is 9.47 Å². The first-order valence-electron chi connectivity index (χ1n) is 7.61. The molecule has 0 aromatic heterocycles. The van der Waals surface area contributed by atoms with Gasteiger partial charge in [-0.1, -0.05) is 24.3 Å². The van der Waals surface area contributed by atoms with Crippen LogP contribution in [-0.2, 0) is 31.9 Å². The molecule has 2 aromatic rings. The fraction of sp³-hybridized carbons (Fsp3) is 0.158. The number of rotatable bonds is 8. The van der Waals surface area contributed by atoms with Gasteiger partial charge in [0.15, 0.2) is 0 Å². The van der Waals surface area contributed by atoms with Crippen molar-refractivity contribution in [1.82, 2.24) is 0 Å². The third-order valence-corrected chi connectivity index (χ3v) is 3.62. The van der Waals surface area contributed by atoms with E-state index in [0.29, 0.717) is 11.1 Å². The van der Waals surface area contributed by atoms with E-state index in [9.17, 15) is 19.2 Å². The van der Waals surface area contributed by atoms with E-state index in [1.165, 1.54) is 0 Å². The number of hydrogen-bond donors (Lipinski definition) is 0. The quantitative estimate of drug-likeness (QED) is 0.417. The molecule has 0 N–H and O–H groups in total. The zero-order valence-electron chi connectivity index (χ0n) is 13.3. The molecule has 2 rings (SSSR count). The first-order valence-corrected chi connectivity index (χ1v) is 7.61. The molecule has 0 aliphatic carbocycles. The number of carbonyl (C=O) groups excluding carboxylic acids is 4. The minimum Gasteiger partial charge on any atom is -0.392 e. The van der Waals surface area contributed by atoms with Gasteiger partial charge in [0.2, 0.25) is 0 Å². The van der Waals surface area contributed by atoms with Gasteiger partial charge in [-0.15, -0.1) is 0 Å². The minimum absolute atomic E-state index is 0.111. The van der Waals surface area contributed by atoms with Crippen molar-refractivity contribution in [2.45, 2.75) is 19.3 Å². The van der Waals surface area contributed by atoms with Crippen LogP contribution in [0.5, 0.6) is 0 Å². The first-order chi connectivity index (χ1) is 12.1. The van der Waals surface area contributed by atoms with Crippen LogP contribution in [0.3, 0.4) is 0 Å². The van der Waals surface area contributed by atoms with Crippen molar-refractivity contribution in [2.24, 2.45) is 0 Å². The predicted octanol–water partition coefficient (Wildman–Crippen LogP) is 2.49. The van der Waals surface area contributed by atoms with Crippen LogP contribution in [0.25, 0.3) is 0 Å². The molecule has 0 spiro atoms. The van der Waals surface area contributed by atoms with Crippen LogP contribution in [0.15, 0.2) is 48.5 Å². The highest BCUT2D eigenvalue weighted by Crippen LogP contribution is 2.12. The van der Waals surface area contributed by atoms with Crippen LogP contribution < -0.4 is 0 Å². The molecule has 0 amide bonds. The number of ether oxygens (including phenoxy) is 2. The highest BCUT2D eigenvalue weighted by molar-refractivity contribution is 5.93. The van der Waals surface area contributed by atoms with Gasteiger partial charge >= 0.3 is 24.9 Å². The minimum atomic E-state index is -0.672. The average molecular weight is 340 g/mol. The van der Waals surface area contributed by atoms with Gasteiger partial charge in [0.25, 0.3) is 0 Å². The van der Waals surface area contributed by atoms with E-state index < -0.39 is 11.9 Å². The molecular weight excluding hydrogens is 324 g/mol. The Labute approximate surface area is 144 Å². The van der Waals surface area contributed by atoms with Crippen molar-refractivity contribution < 1.29 is 28.7 Å². The standard InChI is InChI=1S/C19H16O6/c20-12-24-18(22)16-8-4-14(5-9-16)2-1-3-15-6-10-17(11-7-15)19(23)25-13-21/h4-13H,1-3H2. The summed E-state index contributed by atoms with van der Waals surface area (Å²) in [6, 6.07) is 13.8. The number of carbonyl (C=O) groups is 4. The fourth-order valence-electron chi connectivity index (χ4n) is 2.34. The second-order valence-corrected chi connectivity index (χ2v) is 5.25. The fourth-order valence-corrected chi connectivity index (χ4v) is 2.34. The lowest BCUT2D eigenvalue weighted by atomic mass is 10.0. The van der Waals surface area contributed by atoms with E-state index in [2.05, 4.69) is 9.47 Å². The highest BCUT2D eigenvalue weighted by atomic mass is 16.6. The van der Waals surface area contributed by atoms with Gasteiger partial charge in [0.05, 0.1) is 11.1 Å². The Balaban J connectivity index is 1.84. The Bertz CT molecular complexity index is 681. The summed E-state index contributed by atoms with van der Waals surface area (Å²) in [5.41, 5.74) is 2.78. The second-order valence-electron chi connectivity index (χ2n) is 5.25. The van der Waals surface area contributed by atoms with E-state index in [0.717, 1.165) is 30.4 Å². The molecule has 0 bridgehead atoms. The molecule has 0 saturated heterocycles. The Hall–Kier alpha value is -3.28. The van der Waals surface area contributed by atoms with Crippen LogP contribution in [0, 0.1) is 0 Å².